The van der Waals surface area contributed by atoms with Crippen LogP contribution in [0.25, 0.3) is 0 Å². The van der Waals surface area contributed by atoms with Crippen LogP contribution in [0, 0.1) is 10.1 Å². The number of aryl methyl sites for hydroxylation is 1. The Morgan fingerprint density at radius 3 is 2.27 bits per heavy atom. The molecule has 3 N–H and O–H groups in total. The molecule has 0 amide bonds. The molecule has 0 radical (unpaired) electrons. The van der Waals surface area contributed by atoms with Crippen molar-refractivity contribution in [2.24, 2.45) is 12.0 Å². The van der Waals surface area contributed by atoms with Gasteiger partial charge in [0, 0.05) is 43.9 Å². The van der Waals surface area contributed by atoms with Crippen LogP contribution < -0.4 is 10.6 Å². The molecule has 44 heavy (non-hydrogen) atoms. The largest absolute Gasteiger partial charge is 0.396 e. The van der Waals surface area contributed by atoms with E-state index in [9.17, 15) is 20.0 Å². The molecular formula is C30H36N8O4S2. The number of aliphatic hydroxyl groups is 1. The highest BCUT2D eigenvalue weighted by atomic mass is 32.2. The fraction of sp³-hybridized carbons (Fsp3) is 0.267. The van der Waals surface area contributed by atoms with Crippen LogP contribution in [0.3, 0.4) is 0 Å². The van der Waals surface area contributed by atoms with E-state index in [4.69, 9.17) is 12.2 Å². The molecule has 2 aromatic heterocycles. The molecule has 232 valence electrons. The molecule has 3 heterocycles. The number of benzene rings is 2. The molecule has 0 bridgehead atoms. The molecule has 1 aliphatic heterocycles. The van der Waals surface area contributed by atoms with Gasteiger partial charge in [0.05, 0.1) is 0 Å². The van der Waals surface area contributed by atoms with Crippen LogP contribution >= 0.6 is 24.0 Å². The van der Waals surface area contributed by atoms with Crippen molar-refractivity contribution in [2.45, 2.75) is 43.9 Å². The summed E-state index contributed by atoms with van der Waals surface area (Å²) in [6, 6.07) is 17.7. The maximum Gasteiger partial charge on any atom is 0.396 e. The first kappa shape index (κ1) is 35.7. The van der Waals surface area contributed by atoms with Gasteiger partial charge in [-0.15, -0.1) is 0 Å². The molecule has 0 aliphatic carbocycles. The minimum atomic E-state index is -1.08. The summed E-state index contributed by atoms with van der Waals surface area (Å²) in [7, 11) is 1.71. The zero-order valence-electron chi connectivity index (χ0n) is 23.9. The number of aromatic nitrogens is 4. The third kappa shape index (κ3) is 10.0. The van der Waals surface area contributed by atoms with Gasteiger partial charge in [0.2, 0.25) is 6.33 Å². The maximum atomic E-state index is 11.9. The number of nitro groups is 1. The Hall–Kier alpha value is -4.53. The zero-order valence-corrected chi connectivity index (χ0v) is 25.5. The molecular weight excluding hydrogens is 601 g/mol. The topological polar surface area (TPSA) is 160 Å². The molecule has 1 atom stereocenters. The predicted octanol–water partition coefficient (Wildman–Crippen LogP) is 5.26. The number of thiocarbonyl (C=S) groups is 1. The van der Waals surface area contributed by atoms with Gasteiger partial charge in [-0.05, 0) is 53.3 Å². The third-order valence-corrected chi connectivity index (χ3v) is 7.22. The number of ketones is 1. The number of rotatable bonds is 8. The van der Waals surface area contributed by atoms with Gasteiger partial charge >= 0.3 is 5.82 Å². The maximum absolute atomic E-state index is 11.9. The Bertz CT molecular complexity index is 1540. The van der Waals surface area contributed by atoms with Crippen molar-refractivity contribution in [1.29, 1.82) is 0 Å². The monoisotopic (exact) mass is 636 g/mol. The summed E-state index contributed by atoms with van der Waals surface area (Å²) in [4.78, 5) is 38.4. The molecule has 0 fully saturated rings. The highest BCUT2D eigenvalue weighted by molar-refractivity contribution is 7.99. The van der Waals surface area contributed by atoms with E-state index in [-0.39, 0.29) is 19.0 Å². The number of nitrogens with one attached hydrogen (secondary N) is 2. The number of hydrogen-bond donors (Lipinski definition) is 3. The summed E-state index contributed by atoms with van der Waals surface area (Å²) >= 11 is 6.04. The van der Waals surface area contributed by atoms with Crippen LogP contribution in [0.5, 0.6) is 0 Å². The van der Waals surface area contributed by atoms with Gasteiger partial charge in [-0.25, -0.2) is 15.0 Å². The summed E-state index contributed by atoms with van der Waals surface area (Å²) < 4.78 is 1.60. The van der Waals surface area contributed by atoms with E-state index in [0.717, 1.165) is 23.8 Å². The van der Waals surface area contributed by atoms with Gasteiger partial charge in [-0.3, -0.25) is 4.79 Å². The molecule has 14 heteroatoms. The first-order valence-corrected chi connectivity index (χ1v) is 14.5. The number of aliphatic hydroxyl groups excluding tert-OH is 1. The highest BCUT2D eigenvalue weighted by Crippen LogP contribution is 2.37. The lowest BCUT2D eigenvalue weighted by Crippen LogP contribution is -2.34. The number of Topliss-reactive ketones (excluding diaryl/α,β-unsaturated/α-hetero) is 1. The second-order valence-corrected chi connectivity index (χ2v) is 10.2. The number of hydrogen-bond acceptors (Lipinski definition) is 10. The fourth-order valence-electron chi connectivity index (χ4n) is 3.66. The van der Waals surface area contributed by atoms with E-state index < -0.39 is 11.0 Å². The Morgan fingerprint density at radius 2 is 1.68 bits per heavy atom. The molecule has 2 aromatic carbocycles. The third-order valence-electron chi connectivity index (χ3n) is 5.72. The second-order valence-electron chi connectivity index (χ2n) is 8.77. The average Bonchev–Trinajstić information content (AvgIpc) is 3.65. The van der Waals surface area contributed by atoms with E-state index >= 15 is 0 Å². The smallest absolute Gasteiger partial charge is 0.380 e. The van der Waals surface area contributed by atoms with Crippen molar-refractivity contribution in [3.8, 4) is 0 Å². The van der Waals surface area contributed by atoms with Crippen molar-refractivity contribution in [3.05, 3.63) is 100 Å². The van der Waals surface area contributed by atoms with Crippen molar-refractivity contribution < 1.29 is 14.8 Å². The van der Waals surface area contributed by atoms with Gasteiger partial charge in [0.15, 0.2) is 21.7 Å². The number of imidazole rings is 1. The van der Waals surface area contributed by atoms with Gasteiger partial charge in [0.25, 0.3) is 0 Å². The Kier molecular flexibility index (Phi) is 14.8. The summed E-state index contributed by atoms with van der Waals surface area (Å²) in [6.45, 7) is 5.82. The number of fused-ring (bicyclic) bond motifs is 1. The number of nitrogens with zero attached hydrogens (tertiary/aromatic N) is 6. The van der Waals surface area contributed by atoms with Crippen molar-refractivity contribution in [3.63, 3.8) is 0 Å². The van der Waals surface area contributed by atoms with E-state index in [2.05, 4.69) is 30.6 Å². The SMILES string of the molecule is C.CCNC(=S)NCC.Cn1cnc([N+](=O)[O-])c1Sc1ncnc2c1CC=N2.O=C(c1ccccc1)C(O)c1ccccc1. The number of carbonyl (C=O) groups is 1. The van der Waals surface area contributed by atoms with E-state index in [0.29, 0.717) is 33.4 Å². The quantitative estimate of drug-likeness (QED) is 0.0761. The first-order chi connectivity index (χ1) is 20.8. The molecule has 5 rings (SSSR count). The lowest BCUT2D eigenvalue weighted by Gasteiger charge is -2.09. The Morgan fingerprint density at radius 1 is 1.07 bits per heavy atom. The summed E-state index contributed by atoms with van der Waals surface area (Å²) in [5.74, 6) is 0.188. The minimum Gasteiger partial charge on any atom is -0.380 e. The van der Waals surface area contributed by atoms with Gasteiger partial charge in [0.1, 0.15) is 17.5 Å². The molecule has 1 unspecified atom stereocenters. The van der Waals surface area contributed by atoms with Crippen LogP contribution in [-0.4, -0.2) is 59.7 Å². The molecule has 0 saturated carbocycles. The molecule has 4 aromatic rings. The predicted molar refractivity (Wildman–Crippen MR) is 177 cm³/mol. The van der Waals surface area contributed by atoms with Crippen LogP contribution in [0.15, 0.2) is 88.4 Å². The molecule has 1 aliphatic rings. The molecule has 0 saturated heterocycles. The summed E-state index contributed by atoms with van der Waals surface area (Å²) in [6.07, 6.45) is 4.14. The van der Waals surface area contributed by atoms with Gasteiger partial charge < -0.3 is 30.4 Å². The number of carbonyl (C=O) groups excluding carboxylic acids is 1. The molecule has 0 spiro atoms. The van der Waals surface area contributed by atoms with Crippen molar-refractivity contribution in [1.82, 2.24) is 30.2 Å². The lowest BCUT2D eigenvalue weighted by molar-refractivity contribution is -0.392. The van der Waals surface area contributed by atoms with Crippen LogP contribution in [0.2, 0.25) is 0 Å². The summed E-state index contributed by atoms with van der Waals surface area (Å²) in [5, 5.41) is 28.6. The molecule has 12 nitrogen and oxygen atoms in total. The van der Waals surface area contributed by atoms with Gasteiger partial charge in [-0.1, -0.05) is 68.1 Å². The first-order valence-electron chi connectivity index (χ1n) is 13.3. The number of aliphatic imine (C=N–C) groups is 1. The normalized spacial score (nSPS) is 11.4. The van der Waals surface area contributed by atoms with E-state index in [1.165, 1.54) is 24.4 Å². The zero-order chi connectivity index (χ0) is 31.2. The highest BCUT2D eigenvalue weighted by Gasteiger charge is 2.24. The average molecular weight is 637 g/mol. The fourth-order valence-corrected chi connectivity index (χ4v) is 4.94. The lowest BCUT2D eigenvalue weighted by atomic mass is 10.0. The van der Waals surface area contributed by atoms with Crippen molar-refractivity contribution in [2.75, 3.05) is 13.1 Å². The van der Waals surface area contributed by atoms with E-state index in [1.54, 1.807) is 66.4 Å². The van der Waals surface area contributed by atoms with E-state index in [1.807, 2.05) is 26.0 Å². The van der Waals surface area contributed by atoms with Crippen LogP contribution in [0.4, 0.5) is 11.6 Å². The Balaban J connectivity index is 0.000000246. The van der Waals surface area contributed by atoms with Crippen molar-refractivity contribution >= 4 is 52.7 Å². The van der Waals surface area contributed by atoms with Crippen LogP contribution in [0.1, 0.15) is 48.9 Å². The second kappa shape index (κ2) is 18.2. The van der Waals surface area contributed by atoms with Gasteiger partial charge in [-0.2, -0.15) is 0 Å². The Labute approximate surface area is 266 Å². The summed E-state index contributed by atoms with van der Waals surface area (Å²) in [5.41, 5.74) is 2.04. The standard InChI is InChI=1S/C14H12O2.C10H8N6O2S.C5H12N2S.CH4/c15-13(11-7-3-1-4-8-11)14(16)12-9-5-2-6-10-12;1-15-5-14-8(16(17)18)10(15)19-9-6-2-3-11-7(6)12-4-13-9;1-3-6-5(8)7-4-2;/h1-10,13,15H;3-5H,2H2,1H3;3-4H2,1-2H3,(H2,6,7,8);1H4. The van der Waals surface area contributed by atoms with Crippen LogP contribution in [-0.2, 0) is 13.5 Å². The minimum absolute atomic E-state index is 0.